The smallest absolute Gasteiger partial charge is 0.315 e. The van der Waals surface area contributed by atoms with E-state index in [4.69, 9.17) is 0 Å². The van der Waals surface area contributed by atoms with Gasteiger partial charge in [-0.3, -0.25) is 4.68 Å². The van der Waals surface area contributed by atoms with Gasteiger partial charge in [-0.15, -0.1) is 0 Å². The number of amides is 2. The SMILES string of the molecule is Cc1cc(N2CCCC(NC(=O)NCC3CCSC3)C2)n(C)n1. The summed E-state index contributed by atoms with van der Waals surface area (Å²) in [5.41, 5.74) is 1.03. The molecule has 2 fully saturated rings. The van der Waals surface area contributed by atoms with Crippen molar-refractivity contribution in [3.63, 3.8) is 0 Å². The Morgan fingerprint density at radius 3 is 3.04 bits per heavy atom. The number of aryl methyl sites for hydroxylation is 2. The van der Waals surface area contributed by atoms with Crippen LogP contribution in [0, 0.1) is 12.8 Å². The topological polar surface area (TPSA) is 62.2 Å². The van der Waals surface area contributed by atoms with Crippen LogP contribution in [0.1, 0.15) is 25.0 Å². The Morgan fingerprint density at radius 2 is 2.35 bits per heavy atom. The second-order valence-electron chi connectivity index (χ2n) is 6.64. The highest BCUT2D eigenvalue weighted by Crippen LogP contribution is 2.22. The fraction of sp³-hybridized carbons (Fsp3) is 0.750. The van der Waals surface area contributed by atoms with Gasteiger partial charge in [0.2, 0.25) is 0 Å². The number of piperidine rings is 1. The van der Waals surface area contributed by atoms with Gasteiger partial charge in [0.05, 0.1) is 5.69 Å². The number of nitrogens with zero attached hydrogens (tertiary/aromatic N) is 3. The Labute approximate surface area is 142 Å². The second kappa shape index (κ2) is 7.47. The number of hydrogen-bond donors (Lipinski definition) is 2. The molecule has 1 aromatic rings. The fourth-order valence-electron chi connectivity index (χ4n) is 3.41. The predicted octanol–water partition coefficient (Wildman–Crippen LogP) is 1.75. The minimum absolute atomic E-state index is 0.0186. The number of aromatic nitrogens is 2. The highest BCUT2D eigenvalue weighted by atomic mass is 32.2. The summed E-state index contributed by atoms with van der Waals surface area (Å²) in [4.78, 5) is 14.4. The standard InChI is InChI=1S/C16H27N5OS/c1-12-8-15(20(2)19-12)21-6-3-4-14(10-21)18-16(22)17-9-13-5-7-23-11-13/h8,13-14H,3-7,9-11H2,1-2H3,(H2,17,18,22). The van der Waals surface area contributed by atoms with Crippen LogP contribution in [0.3, 0.4) is 0 Å². The summed E-state index contributed by atoms with van der Waals surface area (Å²) in [5, 5.41) is 10.6. The summed E-state index contributed by atoms with van der Waals surface area (Å²) in [7, 11) is 1.98. The third-order valence-electron chi connectivity index (χ3n) is 4.63. The lowest BCUT2D eigenvalue weighted by Gasteiger charge is -2.34. The molecule has 0 spiro atoms. The first kappa shape index (κ1) is 16.5. The summed E-state index contributed by atoms with van der Waals surface area (Å²) < 4.78 is 1.93. The lowest BCUT2D eigenvalue weighted by Crippen LogP contribution is -2.51. The number of rotatable bonds is 4. The maximum atomic E-state index is 12.1. The molecule has 7 heteroatoms. The van der Waals surface area contributed by atoms with Gasteiger partial charge < -0.3 is 15.5 Å². The summed E-state index contributed by atoms with van der Waals surface area (Å²) in [6, 6.07) is 2.30. The van der Waals surface area contributed by atoms with Gasteiger partial charge in [-0.05, 0) is 43.6 Å². The van der Waals surface area contributed by atoms with Crippen LogP contribution in [-0.4, -0.2) is 53.0 Å². The van der Waals surface area contributed by atoms with Gasteiger partial charge in [0.1, 0.15) is 5.82 Å². The lowest BCUT2D eigenvalue weighted by molar-refractivity contribution is 0.233. The number of nitrogens with one attached hydrogen (secondary N) is 2. The van der Waals surface area contributed by atoms with Crippen molar-refractivity contribution >= 4 is 23.6 Å². The molecule has 0 aliphatic carbocycles. The Morgan fingerprint density at radius 1 is 1.48 bits per heavy atom. The minimum Gasteiger partial charge on any atom is -0.355 e. The molecule has 2 atom stereocenters. The van der Waals surface area contributed by atoms with E-state index in [1.165, 1.54) is 17.9 Å². The molecule has 2 aliphatic heterocycles. The van der Waals surface area contributed by atoms with Crippen molar-refractivity contribution in [2.45, 2.75) is 32.2 Å². The van der Waals surface area contributed by atoms with Crippen molar-refractivity contribution in [1.29, 1.82) is 0 Å². The molecule has 0 radical (unpaired) electrons. The van der Waals surface area contributed by atoms with Gasteiger partial charge in [0.25, 0.3) is 0 Å². The second-order valence-corrected chi connectivity index (χ2v) is 7.79. The van der Waals surface area contributed by atoms with Crippen LogP contribution in [0.25, 0.3) is 0 Å². The highest BCUT2D eigenvalue weighted by Gasteiger charge is 2.24. The van der Waals surface area contributed by atoms with E-state index in [0.29, 0.717) is 5.92 Å². The van der Waals surface area contributed by atoms with Crippen LogP contribution in [0.5, 0.6) is 0 Å². The average molecular weight is 337 g/mol. The zero-order valence-corrected chi connectivity index (χ0v) is 14.9. The number of hydrogen-bond acceptors (Lipinski definition) is 4. The first-order valence-corrected chi connectivity index (χ1v) is 9.65. The van der Waals surface area contributed by atoms with Crippen LogP contribution < -0.4 is 15.5 Å². The zero-order chi connectivity index (χ0) is 16.2. The third kappa shape index (κ3) is 4.34. The Kier molecular flexibility index (Phi) is 5.35. The molecule has 0 aromatic carbocycles. The van der Waals surface area contributed by atoms with Crippen LogP contribution in [0.4, 0.5) is 10.6 Å². The molecule has 2 amide bonds. The number of carbonyl (C=O) groups excluding carboxylic acids is 1. The number of thioether (sulfide) groups is 1. The Balaban J connectivity index is 1.48. The van der Waals surface area contributed by atoms with Crippen LogP contribution in [-0.2, 0) is 7.05 Å². The van der Waals surface area contributed by atoms with Crippen molar-refractivity contribution in [2.75, 3.05) is 36.0 Å². The lowest BCUT2D eigenvalue weighted by atomic mass is 10.1. The molecule has 1 aromatic heterocycles. The summed E-state index contributed by atoms with van der Waals surface area (Å²) in [6.07, 6.45) is 3.36. The van der Waals surface area contributed by atoms with E-state index in [0.717, 1.165) is 44.0 Å². The summed E-state index contributed by atoms with van der Waals surface area (Å²) >= 11 is 1.98. The van der Waals surface area contributed by atoms with Crippen molar-refractivity contribution in [3.8, 4) is 0 Å². The van der Waals surface area contributed by atoms with Gasteiger partial charge in [0.15, 0.2) is 0 Å². The quantitative estimate of drug-likeness (QED) is 0.879. The number of carbonyl (C=O) groups is 1. The molecule has 3 heterocycles. The van der Waals surface area contributed by atoms with Gasteiger partial charge in [0, 0.05) is 38.8 Å². The zero-order valence-electron chi connectivity index (χ0n) is 14.0. The van der Waals surface area contributed by atoms with Crippen molar-refractivity contribution in [3.05, 3.63) is 11.8 Å². The maximum absolute atomic E-state index is 12.1. The molecule has 2 saturated heterocycles. The molecule has 2 aliphatic rings. The molecule has 2 unspecified atom stereocenters. The molecule has 0 bridgehead atoms. The molecule has 23 heavy (non-hydrogen) atoms. The largest absolute Gasteiger partial charge is 0.355 e. The van der Waals surface area contributed by atoms with E-state index in [1.807, 2.05) is 30.4 Å². The minimum atomic E-state index is -0.0186. The average Bonchev–Trinajstić information content (AvgIpc) is 3.15. The normalized spacial score (nSPS) is 24.7. The maximum Gasteiger partial charge on any atom is 0.315 e. The van der Waals surface area contributed by atoms with E-state index in [9.17, 15) is 4.79 Å². The van der Waals surface area contributed by atoms with E-state index >= 15 is 0 Å². The van der Waals surface area contributed by atoms with Crippen molar-refractivity contribution in [1.82, 2.24) is 20.4 Å². The van der Waals surface area contributed by atoms with Gasteiger partial charge in [-0.25, -0.2) is 4.79 Å². The highest BCUT2D eigenvalue weighted by molar-refractivity contribution is 7.99. The molecule has 128 valence electrons. The first-order chi connectivity index (χ1) is 11.1. The first-order valence-electron chi connectivity index (χ1n) is 8.49. The van der Waals surface area contributed by atoms with Gasteiger partial charge >= 0.3 is 6.03 Å². The van der Waals surface area contributed by atoms with Crippen LogP contribution in [0.2, 0.25) is 0 Å². The van der Waals surface area contributed by atoms with E-state index in [2.05, 4.69) is 26.7 Å². The monoisotopic (exact) mass is 337 g/mol. The predicted molar refractivity (Wildman–Crippen MR) is 95.1 cm³/mol. The van der Waals surface area contributed by atoms with Crippen LogP contribution in [0.15, 0.2) is 6.07 Å². The third-order valence-corrected chi connectivity index (χ3v) is 5.86. The van der Waals surface area contributed by atoms with Crippen LogP contribution >= 0.6 is 11.8 Å². The van der Waals surface area contributed by atoms with E-state index < -0.39 is 0 Å². The Bertz CT molecular complexity index is 541. The molecule has 3 rings (SSSR count). The summed E-state index contributed by atoms with van der Waals surface area (Å²) in [5.74, 6) is 4.19. The molecule has 6 nitrogen and oxygen atoms in total. The van der Waals surface area contributed by atoms with Crippen molar-refractivity contribution in [2.24, 2.45) is 13.0 Å². The van der Waals surface area contributed by atoms with Gasteiger partial charge in [-0.2, -0.15) is 16.9 Å². The summed E-state index contributed by atoms with van der Waals surface area (Å²) in [6.45, 7) is 4.69. The van der Waals surface area contributed by atoms with E-state index in [-0.39, 0.29) is 12.1 Å². The van der Waals surface area contributed by atoms with Gasteiger partial charge in [-0.1, -0.05) is 0 Å². The van der Waals surface area contributed by atoms with Crippen molar-refractivity contribution < 1.29 is 4.79 Å². The molecule has 0 saturated carbocycles. The number of urea groups is 1. The Hall–Kier alpha value is -1.37. The molecular formula is C16H27N5OS. The molecule has 2 N–H and O–H groups in total. The fourth-order valence-corrected chi connectivity index (χ4v) is 4.70. The number of anilines is 1. The van der Waals surface area contributed by atoms with E-state index in [1.54, 1.807) is 0 Å². The molecular weight excluding hydrogens is 310 g/mol.